The summed E-state index contributed by atoms with van der Waals surface area (Å²) in [4.78, 5) is 32.7. The van der Waals surface area contributed by atoms with Crippen molar-refractivity contribution in [3.8, 4) is 45.5 Å². The standard InChI is InChI=1S/C28H26F4N4O2.C25H21F4N3O3/c1-16-3-5-19(29)12-25(16)38-21-13-23(33-10-9-28(30,31)32)26-34-14-24(36(26)15-21)18-4-8-22(17(2)11-18)27(37)35-20-6-7-20;1-14-3-5-17(26)10-22(14)35-18-11-20(30-8-7-25(27,28)29)23-31-12-21(32(23)13-18)16-4-6-19(24(33)34)15(2)9-16/h3-5,8,11-15,20,33H,6-7,9-10H2,1-2H3,(H,35,37);3-6,9-13,30H,7-8H2,1-2H3,(H,33,34). The monoisotopic (exact) mass is 1010 g/mol. The van der Waals surface area contributed by atoms with E-state index in [0.717, 1.165) is 24.0 Å². The number of nitrogens with zero attached hydrogens (tertiary/aromatic N) is 4. The normalized spacial score (nSPS) is 12.6. The van der Waals surface area contributed by atoms with Gasteiger partial charge in [-0.15, -0.1) is 0 Å². The summed E-state index contributed by atoms with van der Waals surface area (Å²) in [5.74, 6) is -1.05. The molecule has 8 aromatic rings. The Morgan fingerprint density at radius 3 is 1.45 bits per heavy atom. The fourth-order valence-corrected chi connectivity index (χ4v) is 7.85. The van der Waals surface area contributed by atoms with Crippen LogP contribution in [-0.4, -0.2) is 67.2 Å². The lowest BCUT2D eigenvalue weighted by molar-refractivity contribution is -0.132. The van der Waals surface area contributed by atoms with Gasteiger partial charge in [-0.2, -0.15) is 26.3 Å². The van der Waals surface area contributed by atoms with Crippen molar-refractivity contribution in [3.05, 3.63) is 155 Å². The van der Waals surface area contributed by atoms with E-state index in [1.165, 1.54) is 42.6 Å². The van der Waals surface area contributed by atoms with Crippen LogP contribution in [0.1, 0.15) is 68.7 Å². The smallest absolute Gasteiger partial charge is 0.390 e. The highest BCUT2D eigenvalue weighted by molar-refractivity contribution is 5.96. The van der Waals surface area contributed by atoms with Gasteiger partial charge in [-0.05, 0) is 99.2 Å². The molecule has 1 amide bonds. The number of carboxylic acid groups (broad SMARTS) is 1. The van der Waals surface area contributed by atoms with Gasteiger partial charge in [0.1, 0.15) is 34.6 Å². The van der Waals surface area contributed by atoms with Crippen molar-refractivity contribution in [1.82, 2.24) is 24.1 Å². The molecular weight excluding hydrogens is 967 g/mol. The minimum atomic E-state index is -4.33. The highest BCUT2D eigenvalue weighted by Crippen LogP contribution is 2.36. The molecule has 20 heteroatoms. The van der Waals surface area contributed by atoms with Crippen molar-refractivity contribution in [2.45, 2.75) is 71.8 Å². The highest BCUT2D eigenvalue weighted by atomic mass is 19.4. The number of carboxylic acids is 1. The second kappa shape index (κ2) is 20.9. The van der Waals surface area contributed by atoms with Gasteiger partial charge in [0, 0.05) is 60.1 Å². The minimum Gasteiger partial charge on any atom is -0.478 e. The molecule has 4 heterocycles. The third-order valence-electron chi connectivity index (χ3n) is 11.8. The third-order valence-corrected chi connectivity index (χ3v) is 11.8. The predicted molar refractivity (Wildman–Crippen MR) is 259 cm³/mol. The van der Waals surface area contributed by atoms with Crippen LogP contribution in [-0.2, 0) is 0 Å². The first-order chi connectivity index (χ1) is 34.6. The summed E-state index contributed by atoms with van der Waals surface area (Å²) in [6, 6.07) is 21.7. The zero-order chi connectivity index (χ0) is 52.4. The maximum absolute atomic E-state index is 13.9. The summed E-state index contributed by atoms with van der Waals surface area (Å²) in [7, 11) is 0. The van der Waals surface area contributed by atoms with Crippen LogP contribution in [0.3, 0.4) is 0 Å². The second-order valence-electron chi connectivity index (χ2n) is 17.6. The van der Waals surface area contributed by atoms with E-state index < -0.39 is 42.8 Å². The van der Waals surface area contributed by atoms with Gasteiger partial charge in [0.05, 0.1) is 66.0 Å². The molecule has 380 valence electrons. The molecule has 73 heavy (non-hydrogen) atoms. The molecule has 1 aliphatic carbocycles. The molecule has 1 fully saturated rings. The molecule has 1 aliphatic rings. The molecule has 4 N–H and O–H groups in total. The quantitative estimate of drug-likeness (QED) is 0.0738. The summed E-state index contributed by atoms with van der Waals surface area (Å²) in [5.41, 5.74) is 7.44. The number of alkyl halides is 6. The van der Waals surface area contributed by atoms with Crippen molar-refractivity contribution in [1.29, 1.82) is 0 Å². The number of pyridine rings is 2. The average Bonchev–Trinajstić information content (AvgIpc) is 3.85. The number of hydrogen-bond donors (Lipinski definition) is 4. The van der Waals surface area contributed by atoms with Crippen LogP contribution in [0.2, 0.25) is 0 Å². The molecular formula is C53H47F8N7O5. The van der Waals surface area contributed by atoms with Crippen LogP contribution in [0, 0.1) is 39.3 Å². The molecule has 0 spiro atoms. The molecule has 0 aliphatic heterocycles. The van der Waals surface area contributed by atoms with E-state index in [1.54, 1.807) is 90.6 Å². The maximum atomic E-state index is 13.9. The molecule has 12 nitrogen and oxygen atoms in total. The minimum absolute atomic E-state index is 0.119. The van der Waals surface area contributed by atoms with Crippen LogP contribution < -0.4 is 25.4 Å². The van der Waals surface area contributed by atoms with Gasteiger partial charge >= 0.3 is 18.3 Å². The summed E-state index contributed by atoms with van der Waals surface area (Å²) in [6.45, 7) is 6.29. The van der Waals surface area contributed by atoms with Gasteiger partial charge in [-0.3, -0.25) is 13.6 Å². The lowest BCUT2D eigenvalue weighted by Crippen LogP contribution is -2.26. The average molecular weight is 1010 g/mol. The van der Waals surface area contributed by atoms with Crippen LogP contribution in [0.25, 0.3) is 33.8 Å². The van der Waals surface area contributed by atoms with Gasteiger partial charge in [0.25, 0.3) is 5.91 Å². The maximum Gasteiger partial charge on any atom is 0.390 e. The molecule has 0 saturated heterocycles. The Bertz CT molecular complexity index is 3360. The Morgan fingerprint density at radius 1 is 0.616 bits per heavy atom. The summed E-state index contributed by atoms with van der Waals surface area (Å²) >= 11 is 0. The number of halogens is 8. The molecule has 0 radical (unpaired) electrons. The number of aromatic carboxylic acids is 1. The fraction of sp³-hybridized carbons (Fsp3) is 0.245. The summed E-state index contributed by atoms with van der Waals surface area (Å²) in [6.07, 6.45) is -2.34. The Labute approximate surface area is 412 Å². The molecule has 1 saturated carbocycles. The Morgan fingerprint density at radius 2 is 1.05 bits per heavy atom. The highest BCUT2D eigenvalue weighted by Gasteiger charge is 2.28. The first-order valence-electron chi connectivity index (χ1n) is 22.9. The zero-order valence-corrected chi connectivity index (χ0v) is 39.6. The van der Waals surface area contributed by atoms with Gasteiger partial charge in [0.2, 0.25) is 0 Å². The number of anilines is 2. The van der Waals surface area contributed by atoms with E-state index in [2.05, 4.69) is 25.9 Å². The van der Waals surface area contributed by atoms with Crippen LogP contribution >= 0.6 is 0 Å². The fourth-order valence-electron chi connectivity index (χ4n) is 7.85. The van der Waals surface area contributed by atoms with Gasteiger partial charge in [0.15, 0.2) is 11.3 Å². The number of aromatic nitrogens is 4. The molecule has 0 unspecified atom stereocenters. The first kappa shape index (κ1) is 51.2. The number of nitrogens with one attached hydrogen (secondary N) is 3. The van der Waals surface area contributed by atoms with Crippen LogP contribution in [0.5, 0.6) is 23.0 Å². The Kier molecular flexibility index (Phi) is 14.7. The topological polar surface area (TPSA) is 144 Å². The zero-order valence-electron chi connectivity index (χ0n) is 39.6. The van der Waals surface area contributed by atoms with Gasteiger partial charge in [-0.1, -0.05) is 24.3 Å². The number of benzene rings is 4. The van der Waals surface area contributed by atoms with Crippen molar-refractivity contribution < 1.29 is 59.3 Å². The lowest BCUT2D eigenvalue weighted by atomic mass is 10.0. The lowest BCUT2D eigenvalue weighted by Gasteiger charge is -2.15. The van der Waals surface area contributed by atoms with Crippen molar-refractivity contribution in [2.24, 2.45) is 0 Å². The number of aryl methyl sites for hydroxylation is 4. The van der Waals surface area contributed by atoms with Crippen molar-refractivity contribution in [3.63, 3.8) is 0 Å². The van der Waals surface area contributed by atoms with Crippen LogP contribution in [0.4, 0.5) is 46.5 Å². The number of carbonyl (C=O) groups is 2. The van der Waals surface area contributed by atoms with Crippen LogP contribution in [0.15, 0.2) is 110 Å². The third kappa shape index (κ3) is 12.7. The van der Waals surface area contributed by atoms with E-state index >= 15 is 0 Å². The largest absolute Gasteiger partial charge is 0.478 e. The Balaban J connectivity index is 0.000000196. The van der Waals surface area contributed by atoms with E-state index in [0.29, 0.717) is 61.9 Å². The van der Waals surface area contributed by atoms with E-state index in [4.69, 9.17) is 9.47 Å². The van der Waals surface area contributed by atoms with Gasteiger partial charge < -0.3 is 30.5 Å². The number of carbonyl (C=O) groups excluding carboxylic acids is 1. The molecule has 0 bridgehead atoms. The number of fused-ring (bicyclic) bond motifs is 2. The van der Waals surface area contributed by atoms with Crippen molar-refractivity contribution in [2.75, 3.05) is 23.7 Å². The predicted octanol–water partition coefficient (Wildman–Crippen LogP) is 13.4. The van der Waals surface area contributed by atoms with E-state index in [-0.39, 0.29) is 53.6 Å². The number of ether oxygens (including phenoxy) is 2. The molecule has 0 atom stereocenters. The number of rotatable bonds is 15. The number of hydrogen-bond acceptors (Lipinski definition) is 8. The summed E-state index contributed by atoms with van der Waals surface area (Å²) in [5, 5.41) is 17.9. The molecule has 4 aromatic heterocycles. The second-order valence-corrected chi connectivity index (χ2v) is 17.6. The van der Waals surface area contributed by atoms with E-state index in [9.17, 15) is 49.8 Å². The number of imidazole rings is 2. The SMILES string of the molecule is Cc1ccc(F)cc1Oc1cc(NCCC(F)(F)F)c2ncc(-c3ccc(C(=O)NC4CC4)c(C)c3)n2c1.Cc1ccc(F)cc1Oc1cc(NCCC(F)(F)F)c2ncc(-c3ccc(C(=O)O)c(C)c3)n2c1. The van der Waals surface area contributed by atoms with E-state index in [1.807, 2.05) is 13.0 Å². The number of amides is 1. The van der Waals surface area contributed by atoms with Gasteiger partial charge in [-0.25, -0.2) is 23.5 Å². The summed E-state index contributed by atoms with van der Waals surface area (Å²) < 4.78 is 119. The first-order valence-corrected chi connectivity index (χ1v) is 22.9. The molecule has 4 aromatic carbocycles. The van der Waals surface area contributed by atoms with Crippen molar-refractivity contribution >= 4 is 34.5 Å². The molecule has 9 rings (SSSR count). The Hall–Kier alpha value is -8.16.